The highest BCUT2D eigenvalue weighted by Gasteiger charge is 2.26. The zero-order valence-electron chi connectivity index (χ0n) is 6.45. The van der Waals surface area contributed by atoms with E-state index in [0.717, 1.165) is 25.7 Å². The molecule has 0 bridgehead atoms. The lowest BCUT2D eigenvalue weighted by molar-refractivity contribution is 0.00570. The number of aliphatic hydroxyl groups excluding tert-OH is 2. The van der Waals surface area contributed by atoms with Crippen LogP contribution in [0.3, 0.4) is 0 Å². The molecule has 1 rings (SSSR count). The van der Waals surface area contributed by atoms with Gasteiger partial charge in [0.25, 0.3) is 0 Å². The number of hydrogen-bond acceptors (Lipinski definition) is 2. The van der Waals surface area contributed by atoms with Crippen LogP contribution in [0.5, 0.6) is 0 Å². The van der Waals surface area contributed by atoms with Crippen molar-refractivity contribution >= 4 is 0 Å². The van der Waals surface area contributed by atoms with Crippen LogP contribution in [-0.2, 0) is 0 Å². The van der Waals surface area contributed by atoms with Crippen LogP contribution >= 0.6 is 0 Å². The van der Waals surface area contributed by atoms with E-state index in [1.807, 2.05) is 0 Å². The first kappa shape index (κ1) is 8.02. The predicted molar refractivity (Wildman–Crippen MR) is 39.6 cm³/mol. The molecule has 2 nitrogen and oxygen atoms in total. The number of aliphatic hydroxyl groups is 2. The maximum absolute atomic E-state index is 9.38. The van der Waals surface area contributed by atoms with Gasteiger partial charge >= 0.3 is 0 Å². The molecule has 0 aliphatic heterocycles. The van der Waals surface area contributed by atoms with Crippen molar-refractivity contribution in [3.8, 4) is 0 Å². The van der Waals surface area contributed by atoms with Gasteiger partial charge in [-0.15, -0.1) is 0 Å². The van der Waals surface area contributed by atoms with Gasteiger partial charge in [-0.05, 0) is 25.2 Å². The first-order valence-electron chi connectivity index (χ1n) is 4.10. The molecule has 0 heterocycles. The number of hydrogen-bond donors (Lipinski definition) is 2. The summed E-state index contributed by atoms with van der Waals surface area (Å²) < 4.78 is 0. The Morgan fingerprint density at radius 2 is 2.00 bits per heavy atom. The molecule has 1 aliphatic rings. The summed E-state index contributed by atoms with van der Waals surface area (Å²) >= 11 is 0. The molecular weight excluding hydrogens is 128 g/mol. The summed E-state index contributed by atoms with van der Waals surface area (Å²) in [6, 6.07) is 0. The van der Waals surface area contributed by atoms with Crippen LogP contribution in [0.2, 0.25) is 0 Å². The highest BCUT2D eigenvalue weighted by Crippen LogP contribution is 2.26. The predicted octanol–water partition coefficient (Wildman–Crippen LogP) is 0.918. The SMILES string of the molecule is CCC1CC(O)CCC1O. The highest BCUT2D eigenvalue weighted by atomic mass is 16.3. The van der Waals surface area contributed by atoms with E-state index in [4.69, 9.17) is 0 Å². The zero-order valence-corrected chi connectivity index (χ0v) is 6.45. The average molecular weight is 144 g/mol. The van der Waals surface area contributed by atoms with Gasteiger partial charge in [0.2, 0.25) is 0 Å². The Morgan fingerprint density at radius 3 is 2.50 bits per heavy atom. The fraction of sp³-hybridized carbons (Fsp3) is 1.00. The average Bonchev–Trinajstić information content (AvgIpc) is 1.94. The van der Waals surface area contributed by atoms with Crippen molar-refractivity contribution in [3.63, 3.8) is 0 Å². The van der Waals surface area contributed by atoms with Crippen LogP contribution in [-0.4, -0.2) is 22.4 Å². The van der Waals surface area contributed by atoms with Crippen LogP contribution < -0.4 is 0 Å². The van der Waals surface area contributed by atoms with Gasteiger partial charge in [0.1, 0.15) is 0 Å². The molecule has 1 saturated carbocycles. The lowest BCUT2D eigenvalue weighted by Gasteiger charge is -2.29. The molecular formula is C8H16O2. The molecule has 2 N–H and O–H groups in total. The summed E-state index contributed by atoms with van der Waals surface area (Å²) in [5.41, 5.74) is 0. The monoisotopic (exact) mass is 144 g/mol. The Morgan fingerprint density at radius 1 is 1.30 bits per heavy atom. The summed E-state index contributed by atoms with van der Waals surface area (Å²) in [5, 5.41) is 18.6. The standard InChI is InChI=1S/C8H16O2/c1-2-6-5-7(9)3-4-8(6)10/h6-10H,2-5H2,1H3. The molecule has 0 saturated heterocycles. The third kappa shape index (κ3) is 1.70. The lowest BCUT2D eigenvalue weighted by atomic mass is 9.83. The van der Waals surface area contributed by atoms with Gasteiger partial charge in [-0.25, -0.2) is 0 Å². The Bertz CT molecular complexity index is 103. The minimum absolute atomic E-state index is 0.159. The van der Waals surface area contributed by atoms with Crippen LogP contribution in [0.25, 0.3) is 0 Å². The van der Waals surface area contributed by atoms with Crippen LogP contribution in [0.4, 0.5) is 0 Å². The molecule has 0 aromatic heterocycles. The second kappa shape index (κ2) is 3.35. The quantitative estimate of drug-likeness (QED) is 0.574. The molecule has 3 atom stereocenters. The van der Waals surface area contributed by atoms with Crippen molar-refractivity contribution < 1.29 is 10.2 Å². The maximum Gasteiger partial charge on any atom is 0.0570 e. The van der Waals surface area contributed by atoms with E-state index in [0.29, 0.717) is 5.92 Å². The van der Waals surface area contributed by atoms with Crippen LogP contribution in [0.15, 0.2) is 0 Å². The molecule has 0 amide bonds. The first-order valence-corrected chi connectivity index (χ1v) is 4.10. The molecule has 0 spiro atoms. The van der Waals surface area contributed by atoms with Gasteiger partial charge in [-0.2, -0.15) is 0 Å². The van der Waals surface area contributed by atoms with Gasteiger partial charge in [0, 0.05) is 0 Å². The van der Waals surface area contributed by atoms with E-state index < -0.39 is 0 Å². The summed E-state index contributed by atoms with van der Waals surface area (Å²) in [7, 11) is 0. The molecule has 0 radical (unpaired) electrons. The fourth-order valence-corrected chi connectivity index (χ4v) is 1.66. The van der Waals surface area contributed by atoms with Crippen molar-refractivity contribution in [2.75, 3.05) is 0 Å². The third-order valence-corrected chi connectivity index (χ3v) is 2.44. The zero-order chi connectivity index (χ0) is 7.56. The highest BCUT2D eigenvalue weighted by molar-refractivity contribution is 4.77. The Hall–Kier alpha value is -0.0800. The van der Waals surface area contributed by atoms with Gasteiger partial charge in [-0.1, -0.05) is 13.3 Å². The van der Waals surface area contributed by atoms with E-state index in [9.17, 15) is 10.2 Å². The van der Waals surface area contributed by atoms with E-state index in [2.05, 4.69) is 6.92 Å². The molecule has 3 unspecified atom stereocenters. The molecule has 0 aromatic carbocycles. The lowest BCUT2D eigenvalue weighted by Crippen LogP contribution is -2.31. The van der Waals surface area contributed by atoms with Crippen molar-refractivity contribution in [3.05, 3.63) is 0 Å². The summed E-state index contributed by atoms with van der Waals surface area (Å²) in [6.45, 7) is 2.06. The Labute approximate surface area is 61.9 Å². The van der Waals surface area contributed by atoms with Crippen LogP contribution in [0.1, 0.15) is 32.6 Å². The summed E-state index contributed by atoms with van der Waals surface area (Å²) in [6.07, 6.45) is 3.01. The second-order valence-electron chi connectivity index (χ2n) is 3.20. The normalized spacial score (nSPS) is 41.7. The minimum atomic E-state index is -0.159. The second-order valence-corrected chi connectivity index (χ2v) is 3.20. The molecule has 60 valence electrons. The minimum Gasteiger partial charge on any atom is -0.393 e. The summed E-state index contributed by atoms with van der Waals surface area (Å²) in [4.78, 5) is 0. The molecule has 10 heavy (non-hydrogen) atoms. The van der Waals surface area contributed by atoms with Gasteiger partial charge in [0.15, 0.2) is 0 Å². The smallest absolute Gasteiger partial charge is 0.0570 e. The third-order valence-electron chi connectivity index (χ3n) is 2.44. The molecule has 0 aromatic rings. The van der Waals surface area contributed by atoms with Gasteiger partial charge < -0.3 is 10.2 Å². The van der Waals surface area contributed by atoms with E-state index in [1.54, 1.807) is 0 Å². The van der Waals surface area contributed by atoms with E-state index >= 15 is 0 Å². The van der Waals surface area contributed by atoms with Crippen molar-refractivity contribution in [2.24, 2.45) is 5.92 Å². The number of rotatable bonds is 1. The van der Waals surface area contributed by atoms with E-state index in [1.165, 1.54) is 0 Å². The van der Waals surface area contributed by atoms with Gasteiger partial charge in [0.05, 0.1) is 12.2 Å². The van der Waals surface area contributed by atoms with Crippen LogP contribution in [0, 0.1) is 5.92 Å². The molecule has 1 fully saturated rings. The Balaban J connectivity index is 2.38. The first-order chi connectivity index (χ1) is 4.74. The largest absolute Gasteiger partial charge is 0.393 e. The fourth-order valence-electron chi connectivity index (χ4n) is 1.66. The topological polar surface area (TPSA) is 40.5 Å². The summed E-state index contributed by atoms with van der Waals surface area (Å²) in [5.74, 6) is 0.337. The van der Waals surface area contributed by atoms with Crippen molar-refractivity contribution in [1.82, 2.24) is 0 Å². The maximum atomic E-state index is 9.38. The van der Waals surface area contributed by atoms with Gasteiger partial charge in [-0.3, -0.25) is 0 Å². The molecule has 2 heteroatoms. The van der Waals surface area contributed by atoms with Crippen molar-refractivity contribution in [2.45, 2.75) is 44.8 Å². The van der Waals surface area contributed by atoms with E-state index in [-0.39, 0.29) is 12.2 Å². The Kier molecular flexibility index (Phi) is 2.69. The van der Waals surface area contributed by atoms with Crippen molar-refractivity contribution in [1.29, 1.82) is 0 Å². The molecule has 1 aliphatic carbocycles.